The van der Waals surface area contributed by atoms with Crippen molar-refractivity contribution in [1.29, 1.82) is 0 Å². The van der Waals surface area contributed by atoms with Gasteiger partial charge in [-0.15, -0.1) is 11.3 Å². The number of methoxy groups -OCH3 is 1. The smallest absolute Gasteiger partial charge is 0.151 e. The number of ether oxygens (including phenoxy) is 1. The van der Waals surface area contributed by atoms with Crippen molar-refractivity contribution < 1.29 is 9.53 Å². The van der Waals surface area contributed by atoms with Crippen molar-refractivity contribution in [3.63, 3.8) is 0 Å². The van der Waals surface area contributed by atoms with Gasteiger partial charge in [-0.1, -0.05) is 0 Å². The minimum absolute atomic E-state index is 0.701. The lowest BCUT2D eigenvalue weighted by atomic mass is 10.2. The minimum Gasteiger partial charge on any atom is -0.497 e. The second kappa shape index (κ2) is 3.86. The number of hydrogen-bond acceptors (Lipinski definition) is 3. The number of aldehydes is 1. The van der Waals surface area contributed by atoms with Gasteiger partial charge in [-0.2, -0.15) is 0 Å². The van der Waals surface area contributed by atoms with E-state index in [0.717, 1.165) is 22.1 Å². The van der Waals surface area contributed by atoms with Crippen LogP contribution in [0.1, 0.15) is 10.4 Å². The van der Waals surface area contributed by atoms with E-state index in [1.54, 1.807) is 24.5 Å². The first-order valence-corrected chi connectivity index (χ1v) is 5.86. The molecule has 1 heterocycles. The molecule has 2 aromatic rings. The summed E-state index contributed by atoms with van der Waals surface area (Å²) < 4.78 is 7.32. The maximum Gasteiger partial charge on any atom is 0.151 e. The lowest BCUT2D eigenvalue weighted by molar-refractivity contribution is 0.112. The molecule has 4 heteroatoms. The second-order valence-electron chi connectivity index (χ2n) is 2.80. The molecule has 1 aromatic heterocycles. The van der Waals surface area contributed by atoms with Crippen molar-refractivity contribution in [2.24, 2.45) is 0 Å². The fourth-order valence-electron chi connectivity index (χ4n) is 1.33. The number of carbonyl (C=O) groups is 1. The van der Waals surface area contributed by atoms with Crippen LogP contribution < -0.4 is 4.74 Å². The number of rotatable bonds is 2. The van der Waals surface area contributed by atoms with Gasteiger partial charge in [0.15, 0.2) is 6.29 Å². The Morgan fingerprint density at radius 3 is 2.86 bits per heavy atom. The Balaban J connectivity index is 2.78. The van der Waals surface area contributed by atoms with E-state index in [9.17, 15) is 4.79 Å². The number of fused-ring (bicyclic) bond motifs is 1. The maximum absolute atomic E-state index is 10.8. The fourth-order valence-corrected chi connectivity index (χ4v) is 3.16. The van der Waals surface area contributed by atoms with Crippen LogP contribution in [0.5, 0.6) is 5.75 Å². The van der Waals surface area contributed by atoms with E-state index in [4.69, 9.17) is 4.74 Å². The van der Waals surface area contributed by atoms with Crippen molar-refractivity contribution in [2.45, 2.75) is 0 Å². The molecule has 0 radical (unpaired) electrons. The Hall–Kier alpha value is -0.620. The highest BCUT2D eigenvalue weighted by atomic mass is 127. The monoisotopic (exact) mass is 318 g/mol. The molecule has 2 rings (SSSR count). The van der Waals surface area contributed by atoms with Crippen LogP contribution in [0.2, 0.25) is 0 Å². The molecule has 0 N–H and O–H groups in total. The highest BCUT2D eigenvalue weighted by molar-refractivity contribution is 14.1. The van der Waals surface area contributed by atoms with Crippen molar-refractivity contribution in [3.8, 4) is 5.75 Å². The summed E-state index contributed by atoms with van der Waals surface area (Å²) in [5.74, 6) is 0.730. The van der Waals surface area contributed by atoms with E-state index in [1.807, 2.05) is 6.07 Å². The first-order valence-electron chi connectivity index (χ1n) is 3.97. The predicted octanol–water partition coefficient (Wildman–Crippen LogP) is 3.33. The summed E-state index contributed by atoms with van der Waals surface area (Å²) in [6, 6.07) is 5.76. The lowest BCUT2D eigenvalue weighted by Gasteiger charge is -2.00. The zero-order valence-corrected chi connectivity index (χ0v) is 10.4. The predicted molar refractivity (Wildman–Crippen MR) is 66.5 cm³/mol. The maximum atomic E-state index is 10.8. The summed E-state index contributed by atoms with van der Waals surface area (Å²) in [5.41, 5.74) is 0.701. The molecular weight excluding hydrogens is 311 g/mol. The first-order chi connectivity index (χ1) is 6.74. The summed E-state index contributed by atoms with van der Waals surface area (Å²) in [5, 5.41) is 1.07. The molecule has 0 spiro atoms. The van der Waals surface area contributed by atoms with E-state index in [0.29, 0.717) is 5.56 Å². The number of thiophene rings is 1. The molecule has 0 bridgehead atoms. The molecule has 0 saturated heterocycles. The van der Waals surface area contributed by atoms with Crippen LogP contribution in [-0.2, 0) is 0 Å². The minimum atomic E-state index is 0.701. The standard InChI is InChI=1S/C10H7IO2S/c1-13-8-2-6-4-9(11)14-10(6)7(3-8)5-12/h2-5H,1H3. The average molecular weight is 318 g/mol. The molecule has 1 aromatic carbocycles. The average Bonchev–Trinajstić information content (AvgIpc) is 2.56. The van der Waals surface area contributed by atoms with E-state index >= 15 is 0 Å². The summed E-state index contributed by atoms with van der Waals surface area (Å²) in [7, 11) is 1.60. The molecule has 0 amide bonds. The van der Waals surface area contributed by atoms with Gasteiger partial charge in [0.2, 0.25) is 0 Å². The molecule has 0 atom stereocenters. The second-order valence-corrected chi connectivity index (χ2v) is 5.75. The van der Waals surface area contributed by atoms with Crippen molar-refractivity contribution in [1.82, 2.24) is 0 Å². The Morgan fingerprint density at radius 2 is 2.21 bits per heavy atom. The molecule has 0 fully saturated rings. The van der Waals surface area contributed by atoms with Gasteiger partial charge in [-0.25, -0.2) is 0 Å². The van der Waals surface area contributed by atoms with Crippen LogP contribution >= 0.6 is 33.9 Å². The summed E-state index contributed by atoms with van der Waals surface area (Å²) >= 11 is 3.87. The molecule has 0 saturated carbocycles. The van der Waals surface area contributed by atoms with Crippen LogP contribution in [-0.4, -0.2) is 13.4 Å². The molecule has 0 aliphatic rings. The summed E-state index contributed by atoms with van der Waals surface area (Å²) in [6.07, 6.45) is 0.872. The zero-order chi connectivity index (χ0) is 10.1. The topological polar surface area (TPSA) is 26.3 Å². The van der Waals surface area contributed by atoms with E-state index in [2.05, 4.69) is 28.7 Å². The van der Waals surface area contributed by atoms with Crippen LogP contribution in [0.25, 0.3) is 10.1 Å². The fraction of sp³-hybridized carbons (Fsp3) is 0.100. The summed E-state index contributed by atoms with van der Waals surface area (Å²) in [6.45, 7) is 0. The van der Waals surface area contributed by atoms with Crippen molar-refractivity contribution >= 4 is 50.3 Å². The van der Waals surface area contributed by atoms with Gasteiger partial charge in [-0.05, 0) is 46.2 Å². The molecule has 2 nitrogen and oxygen atoms in total. The Kier molecular flexibility index (Phi) is 2.73. The largest absolute Gasteiger partial charge is 0.497 e. The highest BCUT2D eigenvalue weighted by Crippen LogP contribution is 2.32. The third kappa shape index (κ3) is 1.64. The lowest BCUT2D eigenvalue weighted by Crippen LogP contribution is -1.85. The number of carbonyl (C=O) groups excluding carboxylic acids is 1. The van der Waals surface area contributed by atoms with Crippen LogP contribution in [0.3, 0.4) is 0 Å². The molecule has 0 unspecified atom stereocenters. The zero-order valence-electron chi connectivity index (χ0n) is 7.41. The van der Waals surface area contributed by atoms with Crippen LogP contribution in [0.15, 0.2) is 18.2 Å². The first kappa shape index (κ1) is 9.92. The van der Waals surface area contributed by atoms with Crippen molar-refractivity contribution in [3.05, 3.63) is 26.6 Å². The molecule has 14 heavy (non-hydrogen) atoms. The number of benzene rings is 1. The van der Waals surface area contributed by atoms with E-state index in [-0.39, 0.29) is 0 Å². The Labute approximate surface area is 99.0 Å². The van der Waals surface area contributed by atoms with E-state index < -0.39 is 0 Å². The van der Waals surface area contributed by atoms with Gasteiger partial charge in [0, 0.05) is 10.3 Å². The van der Waals surface area contributed by atoms with Crippen molar-refractivity contribution in [2.75, 3.05) is 7.11 Å². The van der Waals surface area contributed by atoms with Gasteiger partial charge in [0.1, 0.15) is 5.75 Å². The highest BCUT2D eigenvalue weighted by Gasteiger charge is 2.07. The van der Waals surface area contributed by atoms with Crippen LogP contribution in [0.4, 0.5) is 0 Å². The third-order valence-corrected chi connectivity index (χ3v) is 3.91. The number of halogens is 1. The Morgan fingerprint density at radius 1 is 1.43 bits per heavy atom. The molecular formula is C10H7IO2S. The van der Waals surface area contributed by atoms with Gasteiger partial charge in [0.25, 0.3) is 0 Å². The number of hydrogen-bond donors (Lipinski definition) is 0. The van der Waals surface area contributed by atoms with E-state index in [1.165, 1.54) is 2.88 Å². The van der Waals surface area contributed by atoms with Crippen LogP contribution in [0, 0.1) is 2.88 Å². The van der Waals surface area contributed by atoms with Gasteiger partial charge < -0.3 is 4.74 Å². The Bertz CT molecular complexity index is 490. The SMILES string of the molecule is COc1cc(C=O)c2sc(I)cc2c1. The van der Waals surface area contributed by atoms with Gasteiger partial charge >= 0.3 is 0 Å². The quantitative estimate of drug-likeness (QED) is 0.627. The third-order valence-electron chi connectivity index (χ3n) is 1.95. The normalized spacial score (nSPS) is 10.4. The van der Waals surface area contributed by atoms with Gasteiger partial charge in [-0.3, -0.25) is 4.79 Å². The summed E-state index contributed by atoms with van der Waals surface area (Å²) in [4.78, 5) is 10.8. The molecule has 0 aliphatic carbocycles. The van der Waals surface area contributed by atoms with Gasteiger partial charge in [0.05, 0.1) is 9.99 Å². The molecule has 0 aliphatic heterocycles. The molecule has 72 valence electrons.